The summed E-state index contributed by atoms with van der Waals surface area (Å²) in [5.74, 6) is 1.77. The third-order valence-electron chi connectivity index (χ3n) is 4.73. The number of aromatic nitrogens is 2. The predicted molar refractivity (Wildman–Crippen MR) is 86.5 cm³/mol. The predicted octanol–water partition coefficient (Wildman–Crippen LogP) is 4.51. The zero-order valence-corrected chi connectivity index (χ0v) is 13.2. The molecule has 1 aliphatic carbocycles. The number of rotatable bonds is 4. The summed E-state index contributed by atoms with van der Waals surface area (Å²) < 4.78 is 0. The largest absolute Gasteiger partial charge is 0.241 e. The Hall–Kier alpha value is -1.70. The van der Waals surface area contributed by atoms with Crippen LogP contribution in [0.1, 0.15) is 61.5 Å². The summed E-state index contributed by atoms with van der Waals surface area (Å²) in [6, 6.07) is 11.1. The van der Waals surface area contributed by atoms with E-state index < -0.39 is 0 Å². The van der Waals surface area contributed by atoms with Crippen molar-refractivity contribution in [3.8, 4) is 0 Å². The standard InChI is InChI=1S/C19H24N2/c1-13(2)19-11-16(20-12-21-19)10-14(3)17-9-8-15-6-4-5-7-18(15)17/h4-7,11-14,17H,8-10H2,1-3H3. The molecule has 0 saturated heterocycles. The smallest absolute Gasteiger partial charge is 0.115 e. The minimum atomic E-state index is 0.467. The number of hydrogen-bond acceptors (Lipinski definition) is 2. The van der Waals surface area contributed by atoms with E-state index in [4.69, 9.17) is 0 Å². The van der Waals surface area contributed by atoms with Crippen LogP contribution in [-0.4, -0.2) is 9.97 Å². The fraction of sp³-hybridized carbons (Fsp3) is 0.474. The van der Waals surface area contributed by atoms with Gasteiger partial charge in [0.2, 0.25) is 0 Å². The van der Waals surface area contributed by atoms with Crippen molar-refractivity contribution in [1.29, 1.82) is 0 Å². The topological polar surface area (TPSA) is 25.8 Å². The normalized spacial score (nSPS) is 18.8. The highest BCUT2D eigenvalue weighted by molar-refractivity contribution is 5.35. The van der Waals surface area contributed by atoms with Crippen molar-refractivity contribution >= 4 is 0 Å². The number of hydrogen-bond donors (Lipinski definition) is 0. The second-order valence-corrected chi connectivity index (χ2v) is 6.61. The molecule has 0 fully saturated rings. The van der Waals surface area contributed by atoms with Gasteiger partial charge in [-0.1, -0.05) is 45.0 Å². The molecule has 0 spiro atoms. The number of fused-ring (bicyclic) bond motifs is 1. The van der Waals surface area contributed by atoms with E-state index in [0.29, 0.717) is 17.8 Å². The molecule has 1 aliphatic rings. The minimum Gasteiger partial charge on any atom is -0.241 e. The zero-order valence-electron chi connectivity index (χ0n) is 13.2. The van der Waals surface area contributed by atoms with E-state index in [9.17, 15) is 0 Å². The van der Waals surface area contributed by atoms with Gasteiger partial charge in [0.25, 0.3) is 0 Å². The molecule has 2 unspecified atom stereocenters. The molecule has 0 radical (unpaired) electrons. The molecule has 110 valence electrons. The first-order chi connectivity index (χ1) is 10.1. The molecule has 2 atom stereocenters. The summed E-state index contributed by atoms with van der Waals surface area (Å²) >= 11 is 0. The first-order valence-corrected chi connectivity index (χ1v) is 8.03. The summed E-state index contributed by atoms with van der Waals surface area (Å²) in [6.45, 7) is 6.73. The number of benzene rings is 1. The monoisotopic (exact) mass is 280 g/mol. The Balaban J connectivity index is 1.75. The van der Waals surface area contributed by atoms with Gasteiger partial charge in [0.1, 0.15) is 6.33 Å². The molecule has 3 rings (SSSR count). The molecule has 0 bridgehead atoms. The second kappa shape index (κ2) is 5.97. The van der Waals surface area contributed by atoms with Gasteiger partial charge in [-0.3, -0.25) is 0 Å². The van der Waals surface area contributed by atoms with Crippen LogP contribution in [0.15, 0.2) is 36.7 Å². The average molecular weight is 280 g/mol. The van der Waals surface area contributed by atoms with Crippen LogP contribution in [-0.2, 0) is 12.8 Å². The molecule has 2 aromatic rings. The molecule has 1 heterocycles. The molecule has 2 nitrogen and oxygen atoms in total. The lowest BCUT2D eigenvalue weighted by atomic mass is 9.85. The average Bonchev–Trinajstić information content (AvgIpc) is 2.91. The summed E-state index contributed by atoms with van der Waals surface area (Å²) in [6.07, 6.45) is 5.27. The number of nitrogens with zero attached hydrogens (tertiary/aromatic N) is 2. The van der Waals surface area contributed by atoms with Crippen LogP contribution in [0.2, 0.25) is 0 Å². The SMILES string of the molecule is CC(C)c1cc(CC(C)C2CCc3ccccc32)ncn1. The van der Waals surface area contributed by atoms with Crippen LogP contribution in [0.3, 0.4) is 0 Å². The lowest BCUT2D eigenvalue weighted by Gasteiger charge is -2.20. The third kappa shape index (κ3) is 2.99. The molecule has 21 heavy (non-hydrogen) atoms. The lowest BCUT2D eigenvalue weighted by Crippen LogP contribution is -2.11. The number of aryl methyl sites for hydroxylation is 1. The van der Waals surface area contributed by atoms with Crippen LogP contribution in [0.25, 0.3) is 0 Å². The summed E-state index contributed by atoms with van der Waals surface area (Å²) in [7, 11) is 0. The van der Waals surface area contributed by atoms with Crippen molar-refractivity contribution in [1.82, 2.24) is 9.97 Å². The van der Waals surface area contributed by atoms with E-state index >= 15 is 0 Å². The minimum absolute atomic E-state index is 0.467. The Morgan fingerprint density at radius 1 is 1.14 bits per heavy atom. The Morgan fingerprint density at radius 2 is 1.95 bits per heavy atom. The van der Waals surface area contributed by atoms with Crippen molar-refractivity contribution in [3.05, 3.63) is 59.2 Å². The van der Waals surface area contributed by atoms with Gasteiger partial charge in [0, 0.05) is 11.4 Å². The van der Waals surface area contributed by atoms with Crippen LogP contribution in [0.4, 0.5) is 0 Å². The fourth-order valence-electron chi connectivity index (χ4n) is 3.50. The van der Waals surface area contributed by atoms with Crippen LogP contribution in [0, 0.1) is 5.92 Å². The van der Waals surface area contributed by atoms with Crippen molar-refractivity contribution < 1.29 is 0 Å². The van der Waals surface area contributed by atoms with Crippen molar-refractivity contribution in [3.63, 3.8) is 0 Å². The summed E-state index contributed by atoms with van der Waals surface area (Å²) in [5, 5.41) is 0. The van der Waals surface area contributed by atoms with Gasteiger partial charge >= 0.3 is 0 Å². The van der Waals surface area contributed by atoms with E-state index in [1.807, 2.05) is 0 Å². The van der Waals surface area contributed by atoms with Crippen LogP contribution < -0.4 is 0 Å². The maximum absolute atomic E-state index is 4.48. The first-order valence-electron chi connectivity index (χ1n) is 8.03. The maximum atomic E-state index is 4.48. The highest BCUT2D eigenvalue weighted by Gasteiger charge is 2.27. The van der Waals surface area contributed by atoms with Gasteiger partial charge in [-0.25, -0.2) is 9.97 Å². The third-order valence-corrected chi connectivity index (χ3v) is 4.73. The Bertz CT molecular complexity index is 618. The van der Waals surface area contributed by atoms with Gasteiger partial charge < -0.3 is 0 Å². The van der Waals surface area contributed by atoms with Crippen LogP contribution in [0.5, 0.6) is 0 Å². The van der Waals surface area contributed by atoms with E-state index in [1.165, 1.54) is 18.5 Å². The highest BCUT2D eigenvalue weighted by Crippen LogP contribution is 2.39. The molecule has 0 aliphatic heterocycles. The van der Waals surface area contributed by atoms with Crippen molar-refractivity contribution in [2.75, 3.05) is 0 Å². The van der Waals surface area contributed by atoms with E-state index in [-0.39, 0.29) is 0 Å². The molecule has 0 saturated carbocycles. The van der Waals surface area contributed by atoms with E-state index in [0.717, 1.165) is 12.1 Å². The quantitative estimate of drug-likeness (QED) is 0.823. The van der Waals surface area contributed by atoms with E-state index in [2.05, 4.69) is 61.1 Å². The fourth-order valence-corrected chi connectivity index (χ4v) is 3.50. The van der Waals surface area contributed by atoms with E-state index in [1.54, 1.807) is 17.5 Å². The molecule has 0 amide bonds. The summed E-state index contributed by atoms with van der Waals surface area (Å²) in [5.41, 5.74) is 5.44. The Kier molecular flexibility index (Phi) is 4.05. The molecule has 1 aromatic carbocycles. The molecule has 2 heteroatoms. The van der Waals surface area contributed by atoms with Gasteiger partial charge in [-0.05, 0) is 54.2 Å². The van der Waals surface area contributed by atoms with Crippen molar-refractivity contribution in [2.45, 2.75) is 51.9 Å². The first kappa shape index (κ1) is 14.2. The zero-order chi connectivity index (χ0) is 14.8. The Morgan fingerprint density at radius 3 is 2.76 bits per heavy atom. The molecular formula is C19H24N2. The summed E-state index contributed by atoms with van der Waals surface area (Å²) in [4.78, 5) is 8.85. The molecular weight excluding hydrogens is 256 g/mol. The maximum Gasteiger partial charge on any atom is 0.115 e. The second-order valence-electron chi connectivity index (χ2n) is 6.61. The van der Waals surface area contributed by atoms with Gasteiger partial charge in [0.05, 0.1) is 0 Å². The van der Waals surface area contributed by atoms with Gasteiger partial charge in [-0.2, -0.15) is 0 Å². The molecule has 0 N–H and O–H groups in total. The lowest BCUT2D eigenvalue weighted by molar-refractivity contribution is 0.449. The highest BCUT2D eigenvalue weighted by atomic mass is 14.8. The van der Waals surface area contributed by atoms with Gasteiger partial charge in [0.15, 0.2) is 0 Å². The van der Waals surface area contributed by atoms with Crippen LogP contribution >= 0.6 is 0 Å². The van der Waals surface area contributed by atoms with Gasteiger partial charge in [-0.15, -0.1) is 0 Å². The Labute approximate surface area is 127 Å². The molecule has 1 aromatic heterocycles. The van der Waals surface area contributed by atoms with Crippen molar-refractivity contribution in [2.24, 2.45) is 5.92 Å².